The van der Waals surface area contributed by atoms with Gasteiger partial charge in [-0.05, 0) is 50.1 Å². The first-order chi connectivity index (χ1) is 21.0. The summed E-state index contributed by atoms with van der Waals surface area (Å²) in [4.78, 5) is 41.2. The van der Waals surface area contributed by atoms with Crippen LogP contribution >= 0.6 is 0 Å². The summed E-state index contributed by atoms with van der Waals surface area (Å²) in [6.45, 7) is 3.71. The fourth-order valence-corrected chi connectivity index (χ4v) is 3.98. The summed E-state index contributed by atoms with van der Waals surface area (Å²) in [6, 6.07) is 10.5. The first-order valence-electron chi connectivity index (χ1n) is 13.5. The molecule has 0 unspecified atom stereocenters. The van der Waals surface area contributed by atoms with E-state index in [1.54, 1.807) is 26.2 Å². The number of methoxy groups -OCH3 is 2. The van der Waals surface area contributed by atoms with Gasteiger partial charge in [0.25, 0.3) is 5.91 Å². The third kappa shape index (κ3) is 9.54. The smallest absolute Gasteiger partial charge is 0.328 e. The van der Waals surface area contributed by atoms with Gasteiger partial charge < -0.3 is 33.7 Å². The molecule has 3 aromatic rings. The van der Waals surface area contributed by atoms with E-state index in [0.29, 0.717) is 18.2 Å². The Balaban J connectivity index is 1.71. The minimum absolute atomic E-state index is 0.0689. The van der Waals surface area contributed by atoms with Crippen LogP contribution in [0.2, 0.25) is 0 Å². The molecule has 0 aliphatic rings. The number of nitrogens with zero attached hydrogens (tertiary/aromatic N) is 1. The van der Waals surface area contributed by atoms with Crippen molar-refractivity contribution in [3.05, 3.63) is 77.6 Å². The second-order valence-electron chi connectivity index (χ2n) is 9.62. The van der Waals surface area contributed by atoms with E-state index >= 15 is 0 Å². The molecule has 0 bridgehead atoms. The molecule has 1 heterocycles. The second-order valence-corrected chi connectivity index (χ2v) is 9.62. The second kappa shape index (κ2) is 16.1. The Kier molecular flexibility index (Phi) is 12.2. The highest BCUT2D eigenvalue weighted by atomic mass is 19.1. The van der Waals surface area contributed by atoms with Crippen LogP contribution in [0.25, 0.3) is 0 Å². The number of hydrogen-bond donors (Lipinski definition) is 1. The number of pyridine rings is 1. The summed E-state index contributed by atoms with van der Waals surface area (Å²) in [5.74, 6) is -3.64. The molecule has 1 N–H and O–H groups in total. The zero-order valence-electron chi connectivity index (χ0n) is 24.9. The van der Waals surface area contributed by atoms with Gasteiger partial charge in [0.2, 0.25) is 6.79 Å². The average molecular weight is 617 g/mol. The van der Waals surface area contributed by atoms with E-state index in [2.05, 4.69) is 10.3 Å². The van der Waals surface area contributed by atoms with Crippen LogP contribution in [-0.4, -0.2) is 62.6 Å². The predicted octanol–water partition coefficient (Wildman–Crippen LogP) is 4.26. The van der Waals surface area contributed by atoms with Gasteiger partial charge in [0.05, 0.1) is 20.8 Å². The molecule has 0 spiro atoms. The van der Waals surface area contributed by atoms with Crippen molar-refractivity contribution in [2.45, 2.75) is 39.3 Å². The number of carbonyl (C=O) groups excluding carboxylic acids is 3. The van der Waals surface area contributed by atoms with Crippen molar-refractivity contribution < 1.29 is 51.6 Å². The van der Waals surface area contributed by atoms with E-state index in [-0.39, 0.29) is 29.5 Å². The molecule has 3 atom stereocenters. The summed E-state index contributed by atoms with van der Waals surface area (Å²) in [5, 5.41) is 2.51. The van der Waals surface area contributed by atoms with Crippen molar-refractivity contribution in [2.75, 3.05) is 27.6 Å². The standard InChI is InChI=1S/C31H34F2N2O9/c1-18(35-30(37)28-29(43-17-42-20(3)36)27(40-5)12-13-34-28)31(38)44-19(2)22(14-21-6-9-24(39-4)10-7-21)16-41-26-11-8-23(32)15-25(26)33/h6-13,15,18-19,22H,14,16-17H2,1-5H3,(H,35,37)/t18-,19-,22+/m0/s1. The molecule has 0 saturated carbocycles. The largest absolute Gasteiger partial charge is 0.497 e. The quantitative estimate of drug-likeness (QED) is 0.195. The molecule has 1 aromatic heterocycles. The van der Waals surface area contributed by atoms with Gasteiger partial charge in [0, 0.05) is 31.2 Å². The fourth-order valence-electron chi connectivity index (χ4n) is 3.98. The Morgan fingerprint density at radius 3 is 2.30 bits per heavy atom. The topological polar surface area (TPSA) is 132 Å². The molecule has 0 aliphatic heterocycles. The highest BCUT2D eigenvalue weighted by Crippen LogP contribution is 2.30. The first-order valence-corrected chi connectivity index (χ1v) is 13.5. The Morgan fingerprint density at radius 1 is 0.932 bits per heavy atom. The number of nitrogens with one attached hydrogen (secondary N) is 1. The fraction of sp³-hybridized carbons (Fsp3) is 0.355. The maximum Gasteiger partial charge on any atom is 0.328 e. The van der Waals surface area contributed by atoms with E-state index in [1.165, 1.54) is 39.3 Å². The first kappa shape index (κ1) is 33.6. The molecular formula is C31H34F2N2O9. The molecule has 0 fully saturated rings. The SMILES string of the molecule is COc1ccc(C[C@H](COc2ccc(F)cc2F)[C@H](C)OC(=O)[C@H](C)NC(=O)c2nccc(OC)c2OCOC(C)=O)cc1. The maximum absolute atomic E-state index is 14.2. The molecule has 0 aliphatic carbocycles. The van der Waals surface area contributed by atoms with E-state index in [1.807, 2.05) is 12.1 Å². The number of hydrogen-bond acceptors (Lipinski definition) is 10. The molecular weight excluding hydrogens is 582 g/mol. The van der Waals surface area contributed by atoms with Crippen LogP contribution in [0.4, 0.5) is 8.78 Å². The molecule has 3 rings (SSSR count). The molecule has 236 valence electrons. The summed E-state index contributed by atoms with van der Waals surface area (Å²) in [6.07, 6.45) is 0.925. The van der Waals surface area contributed by atoms with E-state index in [4.69, 9.17) is 28.4 Å². The molecule has 0 radical (unpaired) electrons. The van der Waals surface area contributed by atoms with Gasteiger partial charge in [-0.2, -0.15) is 0 Å². The molecule has 1 amide bonds. The van der Waals surface area contributed by atoms with Crippen molar-refractivity contribution >= 4 is 17.8 Å². The molecule has 0 saturated heterocycles. The minimum atomic E-state index is -1.13. The van der Waals surface area contributed by atoms with Crippen LogP contribution in [0.1, 0.15) is 36.8 Å². The molecule has 2 aromatic carbocycles. The van der Waals surface area contributed by atoms with E-state index < -0.39 is 54.3 Å². The summed E-state index contributed by atoms with van der Waals surface area (Å²) < 4.78 is 59.5. The van der Waals surface area contributed by atoms with Crippen LogP contribution in [0.3, 0.4) is 0 Å². The molecule has 11 nitrogen and oxygen atoms in total. The van der Waals surface area contributed by atoms with Gasteiger partial charge in [0.15, 0.2) is 28.8 Å². The third-order valence-electron chi connectivity index (χ3n) is 6.44. The Hall–Kier alpha value is -4.94. The van der Waals surface area contributed by atoms with Crippen LogP contribution in [0, 0.1) is 17.6 Å². The number of amides is 1. The van der Waals surface area contributed by atoms with Crippen LogP contribution in [-0.2, 0) is 25.5 Å². The number of halogens is 2. The van der Waals surface area contributed by atoms with Crippen molar-refractivity contribution in [3.8, 4) is 23.0 Å². The number of carbonyl (C=O) groups is 3. The van der Waals surface area contributed by atoms with Gasteiger partial charge in [-0.15, -0.1) is 0 Å². The summed E-state index contributed by atoms with van der Waals surface area (Å²) in [5.41, 5.74) is 0.657. The number of esters is 2. The van der Waals surface area contributed by atoms with E-state index in [0.717, 1.165) is 11.6 Å². The van der Waals surface area contributed by atoms with Gasteiger partial charge in [-0.25, -0.2) is 18.6 Å². The van der Waals surface area contributed by atoms with Crippen molar-refractivity contribution in [2.24, 2.45) is 5.92 Å². The van der Waals surface area contributed by atoms with Crippen molar-refractivity contribution in [3.63, 3.8) is 0 Å². The molecule has 44 heavy (non-hydrogen) atoms. The lowest BCUT2D eigenvalue weighted by Crippen LogP contribution is -2.42. The highest BCUT2D eigenvalue weighted by molar-refractivity contribution is 5.98. The Bertz CT molecular complexity index is 1440. The van der Waals surface area contributed by atoms with E-state index in [9.17, 15) is 23.2 Å². The van der Waals surface area contributed by atoms with Crippen LogP contribution in [0.5, 0.6) is 23.0 Å². The zero-order chi connectivity index (χ0) is 32.2. The average Bonchev–Trinajstić information content (AvgIpc) is 2.99. The number of benzene rings is 2. The lowest BCUT2D eigenvalue weighted by atomic mass is 9.95. The predicted molar refractivity (Wildman–Crippen MR) is 153 cm³/mol. The van der Waals surface area contributed by atoms with Gasteiger partial charge in [0.1, 0.15) is 23.7 Å². The Morgan fingerprint density at radius 2 is 1.66 bits per heavy atom. The molecule has 13 heteroatoms. The number of rotatable bonds is 15. The minimum Gasteiger partial charge on any atom is -0.497 e. The normalized spacial score (nSPS) is 12.7. The van der Waals surface area contributed by atoms with Gasteiger partial charge in [-0.1, -0.05) is 12.1 Å². The third-order valence-corrected chi connectivity index (χ3v) is 6.44. The monoisotopic (exact) mass is 616 g/mol. The highest BCUT2D eigenvalue weighted by Gasteiger charge is 2.28. The van der Waals surface area contributed by atoms with Gasteiger partial charge >= 0.3 is 11.9 Å². The number of ether oxygens (including phenoxy) is 6. The lowest BCUT2D eigenvalue weighted by molar-refractivity contribution is -0.153. The zero-order valence-corrected chi connectivity index (χ0v) is 24.9. The maximum atomic E-state index is 14.2. The Labute approximate surface area is 253 Å². The summed E-state index contributed by atoms with van der Waals surface area (Å²) in [7, 11) is 2.90. The van der Waals surface area contributed by atoms with Gasteiger partial charge in [-0.3, -0.25) is 9.59 Å². The van der Waals surface area contributed by atoms with Crippen LogP contribution in [0.15, 0.2) is 54.7 Å². The lowest BCUT2D eigenvalue weighted by Gasteiger charge is -2.26. The van der Waals surface area contributed by atoms with Crippen molar-refractivity contribution in [1.29, 1.82) is 0 Å². The summed E-state index contributed by atoms with van der Waals surface area (Å²) >= 11 is 0. The number of aromatic nitrogens is 1. The van der Waals surface area contributed by atoms with Crippen LogP contribution < -0.4 is 24.3 Å². The van der Waals surface area contributed by atoms with Crippen molar-refractivity contribution in [1.82, 2.24) is 10.3 Å².